The van der Waals surface area contributed by atoms with Gasteiger partial charge >= 0.3 is 0 Å². The molecule has 1 saturated heterocycles. The molecule has 1 aliphatic rings. The van der Waals surface area contributed by atoms with Gasteiger partial charge in [0.1, 0.15) is 0 Å². The van der Waals surface area contributed by atoms with Gasteiger partial charge in [-0.15, -0.1) is 0 Å². The Morgan fingerprint density at radius 1 is 1.36 bits per heavy atom. The second-order valence-electron chi connectivity index (χ2n) is 5.81. The van der Waals surface area contributed by atoms with Crippen molar-refractivity contribution in [1.82, 2.24) is 10.3 Å². The highest BCUT2D eigenvalue weighted by Gasteiger charge is 2.28. The maximum atomic E-state index is 12.5. The Labute approximate surface area is 129 Å². The lowest BCUT2D eigenvalue weighted by Gasteiger charge is -2.19. The van der Waals surface area contributed by atoms with Crippen molar-refractivity contribution in [2.45, 2.75) is 38.8 Å². The predicted octanol–water partition coefficient (Wildman–Crippen LogP) is 2.34. The van der Waals surface area contributed by atoms with Crippen molar-refractivity contribution in [2.24, 2.45) is 0 Å². The van der Waals surface area contributed by atoms with Crippen molar-refractivity contribution in [2.75, 3.05) is 6.61 Å². The molecule has 1 aromatic heterocycles. The third-order valence-electron chi connectivity index (χ3n) is 4.21. The highest BCUT2D eigenvalue weighted by Crippen LogP contribution is 2.22. The van der Waals surface area contributed by atoms with E-state index >= 15 is 0 Å². The summed E-state index contributed by atoms with van der Waals surface area (Å²) in [7, 11) is 0. The molecule has 5 nitrogen and oxygen atoms in total. The molecule has 5 heteroatoms. The highest BCUT2D eigenvalue weighted by molar-refractivity contribution is 6.45. The van der Waals surface area contributed by atoms with E-state index in [0.717, 1.165) is 30.4 Å². The second kappa shape index (κ2) is 5.93. The number of carbonyl (C=O) groups is 2. The van der Waals surface area contributed by atoms with Gasteiger partial charge in [0.05, 0.1) is 17.7 Å². The number of aromatic amines is 1. The number of Topliss-reactive ketones (excluding diaryl/α,β-unsaturated/α-hetero) is 1. The van der Waals surface area contributed by atoms with Gasteiger partial charge in [0, 0.05) is 23.2 Å². The van der Waals surface area contributed by atoms with E-state index in [-0.39, 0.29) is 12.1 Å². The first-order valence-electron chi connectivity index (χ1n) is 7.62. The van der Waals surface area contributed by atoms with Crippen LogP contribution in [0.5, 0.6) is 0 Å². The smallest absolute Gasteiger partial charge is 0.292 e. The molecule has 0 unspecified atom stereocenters. The van der Waals surface area contributed by atoms with Gasteiger partial charge in [-0.2, -0.15) is 0 Å². The van der Waals surface area contributed by atoms with E-state index in [2.05, 4.69) is 10.3 Å². The molecule has 116 valence electrons. The molecule has 0 bridgehead atoms. The largest absolute Gasteiger partial charge is 0.376 e. The molecule has 2 aromatic rings. The Morgan fingerprint density at radius 2 is 2.14 bits per heavy atom. The first kappa shape index (κ1) is 14.8. The minimum Gasteiger partial charge on any atom is -0.376 e. The van der Waals surface area contributed by atoms with Crippen molar-refractivity contribution >= 4 is 22.6 Å². The summed E-state index contributed by atoms with van der Waals surface area (Å²) in [6.45, 7) is 4.41. The van der Waals surface area contributed by atoms with Crippen molar-refractivity contribution < 1.29 is 14.3 Å². The van der Waals surface area contributed by atoms with Crippen LogP contribution in [0.3, 0.4) is 0 Å². The molecule has 1 amide bonds. The number of benzene rings is 1. The van der Waals surface area contributed by atoms with E-state index in [9.17, 15) is 9.59 Å². The summed E-state index contributed by atoms with van der Waals surface area (Å²) in [5.41, 5.74) is 2.03. The molecule has 2 atom stereocenters. The number of ether oxygens (including phenoxy) is 1. The molecule has 0 saturated carbocycles. The monoisotopic (exact) mass is 300 g/mol. The van der Waals surface area contributed by atoms with Gasteiger partial charge in [0.25, 0.3) is 11.7 Å². The summed E-state index contributed by atoms with van der Waals surface area (Å²) in [6.07, 6.45) is 1.92. The first-order chi connectivity index (χ1) is 10.6. The zero-order valence-electron chi connectivity index (χ0n) is 12.8. The van der Waals surface area contributed by atoms with Crippen LogP contribution < -0.4 is 5.32 Å². The van der Waals surface area contributed by atoms with Crippen LogP contribution in [0.15, 0.2) is 24.3 Å². The van der Waals surface area contributed by atoms with Crippen LogP contribution in [-0.2, 0) is 9.53 Å². The van der Waals surface area contributed by atoms with Gasteiger partial charge < -0.3 is 15.0 Å². The maximum Gasteiger partial charge on any atom is 0.292 e. The van der Waals surface area contributed by atoms with Crippen LogP contribution >= 0.6 is 0 Å². The molecular weight excluding hydrogens is 280 g/mol. The van der Waals surface area contributed by atoms with Crippen molar-refractivity contribution in [3.63, 3.8) is 0 Å². The SMILES string of the molecule is Cc1[nH]c2ccccc2c1C(=O)C(=O)N[C@H](C)[C@H]1CCCO1. The average Bonchev–Trinajstić information content (AvgIpc) is 3.13. The summed E-state index contributed by atoms with van der Waals surface area (Å²) < 4.78 is 5.55. The van der Waals surface area contributed by atoms with Gasteiger partial charge in [-0.25, -0.2) is 0 Å². The first-order valence-corrected chi connectivity index (χ1v) is 7.62. The van der Waals surface area contributed by atoms with E-state index in [1.54, 1.807) is 0 Å². The highest BCUT2D eigenvalue weighted by atomic mass is 16.5. The predicted molar refractivity (Wildman–Crippen MR) is 83.9 cm³/mol. The van der Waals surface area contributed by atoms with Crippen molar-refractivity contribution in [3.05, 3.63) is 35.5 Å². The minimum atomic E-state index is -0.573. The number of aromatic nitrogens is 1. The van der Waals surface area contributed by atoms with Gasteiger partial charge in [-0.3, -0.25) is 9.59 Å². The van der Waals surface area contributed by atoms with Gasteiger partial charge in [-0.1, -0.05) is 18.2 Å². The molecule has 1 fully saturated rings. The third kappa shape index (κ3) is 2.64. The number of carbonyl (C=O) groups excluding carboxylic acids is 2. The van der Waals surface area contributed by atoms with Crippen LogP contribution in [0.25, 0.3) is 10.9 Å². The summed E-state index contributed by atoms with van der Waals surface area (Å²) in [5, 5.41) is 3.56. The van der Waals surface area contributed by atoms with Crippen LogP contribution in [0.2, 0.25) is 0 Å². The lowest BCUT2D eigenvalue weighted by Crippen LogP contribution is -2.44. The molecule has 22 heavy (non-hydrogen) atoms. The molecule has 2 heterocycles. The molecule has 1 aliphatic heterocycles. The Bertz CT molecular complexity index is 714. The standard InChI is InChI=1S/C17H20N2O3/c1-10(14-8-5-9-22-14)19-17(21)16(20)15-11(2)18-13-7-4-3-6-12(13)15/h3-4,6-7,10,14,18H,5,8-9H2,1-2H3,(H,19,21)/t10-,14-/m1/s1. The van der Waals surface area contributed by atoms with Crippen LogP contribution in [0.4, 0.5) is 0 Å². The number of ketones is 1. The topological polar surface area (TPSA) is 71.2 Å². The van der Waals surface area contributed by atoms with Crippen molar-refractivity contribution in [3.8, 4) is 0 Å². The lowest BCUT2D eigenvalue weighted by atomic mass is 10.0. The van der Waals surface area contributed by atoms with Gasteiger partial charge in [0.15, 0.2) is 0 Å². The Morgan fingerprint density at radius 3 is 2.86 bits per heavy atom. The lowest BCUT2D eigenvalue weighted by molar-refractivity contribution is -0.118. The third-order valence-corrected chi connectivity index (χ3v) is 4.21. The zero-order chi connectivity index (χ0) is 15.7. The Balaban J connectivity index is 1.80. The second-order valence-corrected chi connectivity index (χ2v) is 5.81. The Kier molecular flexibility index (Phi) is 3.98. The molecule has 2 N–H and O–H groups in total. The fourth-order valence-electron chi connectivity index (χ4n) is 3.04. The number of hydrogen-bond donors (Lipinski definition) is 2. The summed E-state index contributed by atoms with van der Waals surface area (Å²) >= 11 is 0. The fraction of sp³-hybridized carbons (Fsp3) is 0.412. The number of fused-ring (bicyclic) bond motifs is 1. The van der Waals surface area contributed by atoms with E-state index in [4.69, 9.17) is 4.74 Å². The summed E-state index contributed by atoms with van der Waals surface area (Å²) in [5.74, 6) is -1.07. The van der Waals surface area contributed by atoms with Gasteiger partial charge in [0.2, 0.25) is 0 Å². The number of H-pyrrole nitrogens is 1. The molecule has 3 rings (SSSR count). The zero-order valence-corrected chi connectivity index (χ0v) is 12.8. The number of para-hydroxylation sites is 1. The number of amides is 1. The average molecular weight is 300 g/mol. The number of nitrogens with one attached hydrogen (secondary N) is 2. The fourth-order valence-corrected chi connectivity index (χ4v) is 3.04. The van der Waals surface area contributed by atoms with Gasteiger partial charge in [-0.05, 0) is 32.8 Å². The molecular formula is C17H20N2O3. The number of aryl methyl sites for hydroxylation is 1. The molecule has 0 radical (unpaired) electrons. The quantitative estimate of drug-likeness (QED) is 0.672. The van der Waals surface area contributed by atoms with E-state index in [0.29, 0.717) is 11.3 Å². The summed E-state index contributed by atoms with van der Waals surface area (Å²) in [6, 6.07) is 7.34. The Hall–Kier alpha value is -2.14. The molecule has 0 spiro atoms. The van der Waals surface area contributed by atoms with Crippen LogP contribution in [0.1, 0.15) is 35.8 Å². The molecule has 0 aliphatic carbocycles. The molecule has 1 aromatic carbocycles. The number of rotatable bonds is 4. The normalized spacial score (nSPS) is 19.3. The van der Waals surface area contributed by atoms with Crippen molar-refractivity contribution in [1.29, 1.82) is 0 Å². The number of hydrogen-bond acceptors (Lipinski definition) is 3. The van der Waals surface area contributed by atoms with Crippen LogP contribution in [-0.4, -0.2) is 35.4 Å². The summed E-state index contributed by atoms with van der Waals surface area (Å²) in [4.78, 5) is 27.9. The maximum absolute atomic E-state index is 12.5. The van der Waals surface area contributed by atoms with Crippen LogP contribution in [0, 0.1) is 6.92 Å². The minimum absolute atomic E-state index is 0.000755. The van der Waals surface area contributed by atoms with E-state index < -0.39 is 11.7 Å². The van der Waals surface area contributed by atoms with E-state index in [1.807, 2.05) is 38.1 Å². The van der Waals surface area contributed by atoms with E-state index in [1.165, 1.54) is 0 Å².